The van der Waals surface area contributed by atoms with E-state index >= 15 is 0 Å². The van der Waals surface area contributed by atoms with Crippen LogP contribution in [0.3, 0.4) is 0 Å². The highest BCUT2D eigenvalue weighted by Crippen LogP contribution is 2.18. The van der Waals surface area contributed by atoms with Crippen LogP contribution in [0.15, 0.2) is 18.2 Å². The fraction of sp³-hybridized carbons (Fsp3) is 0.417. The molecular formula is C12H16N2O2. The summed E-state index contributed by atoms with van der Waals surface area (Å²) in [5, 5.41) is 12.1. The lowest BCUT2D eigenvalue weighted by Crippen LogP contribution is -2.18. The summed E-state index contributed by atoms with van der Waals surface area (Å²) >= 11 is 0. The van der Waals surface area contributed by atoms with E-state index in [1.165, 1.54) is 0 Å². The van der Waals surface area contributed by atoms with Crippen molar-refractivity contribution in [1.29, 1.82) is 5.26 Å². The van der Waals surface area contributed by atoms with Gasteiger partial charge in [-0.05, 0) is 17.7 Å². The van der Waals surface area contributed by atoms with Crippen LogP contribution < -0.4 is 10.1 Å². The lowest BCUT2D eigenvalue weighted by molar-refractivity contribution is 0.199. The van der Waals surface area contributed by atoms with Crippen molar-refractivity contribution in [3.8, 4) is 11.8 Å². The van der Waals surface area contributed by atoms with E-state index in [9.17, 15) is 0 Å². The van der Waals surface area contributed by atoms with E-state index < -0.39 is 0 Å². The molecule has 1 aromatic carbocycles. The minimum atomic E-state index is 0.558. The van der Waals surface area contributed by atoms with Crippen LogP contribution in [0.4, 0.5) is 0 Å². The molecule has 16 heavy (non-hydrogen) atoms. The van der Waals surface area contributed by atoms with Crippen LogP contribution in [-0.4, -0.2) is 27.4 Å². The van der Waals surface area contributed by atoms with Gasteiger partial charge in [-0.2, -0.15) is 5.26 Å². The van der Waals surface area contributed by atoms with Gasteiger partial charge in [-0.3, -0.25) is 0 Å². The fourth-order valence-electron chi connectivity index (χ4n) is 1.34. The van der Waals surface area contributed by atoms with Crippen molar-refractivity contribution in [1.82, 2.24) is 5.32 Å². The predicted octanol–water partition coefficient (Wildman–Crippen LogP) is 1.30. The molecule has 0 aromatic heterocycles. The van der Waals surface area contributed by atoms with Gasteiger partial charge in [-0.25, -0.2) is 0 Å². The van der Waals surface area contributed by atoms with Crippen molar-refractivity contribution >= 4 is 0 Å². The largest absolute Gasteiger partial charge is 0.495 e. The monoisotopic (exact) mass is 220 g/mol. The summed E-state index contributed by atoms with van der Waals surface area (Å²) in [7, 11) is 3.24. The second kappa shape index (κ2) is 6.83. The molecule has 0 saturated heterocycles. The molecule has 86 valence electrons. The number of nitrogens with one attached hydrogen (secondary N) is 1. The fourth-order valence-corrected chi connectivity index (χ4v) is 1.34. The molecule has 0 bridgehead atoms. The molecule has 0 aliphatic carbocycles. The molecule has 1 aromatic rings. The zero-order valence-corrected chi connectivity index (χ0v) is 9.62. The first kappa shape index (κ1) is 12.5. The quantitative estimate of drug-likeness (QED) is 0.734. The van der Waals surface area contributed by atoms with Crippen molar-refractivity contribution in [2.75, 3.05) is 27.4 Å². The second-order valence-corrected chi connectivity index (χ2v) is 3.32. The molecule has 4 heteroatoms. The van der Waals surface area contributed by atoms with Gasteiger partial charge in [0.2, 0.25) is 0 Å². The number of hydrogen-bond donors (Lipinski definition) is 1. The molecule has 1 rings (SSSR count). The Bertz CT molecular complexity index is 372. The number of rotatable bonds is 6. The summed E-state index contributed by atoms with van der Waals surface area (Å²) in [5.41, 5.74) is 1.65. The van der Waals surface area contributed by atoms with Crippen molar-refractivity contribution in [3.63, 3.8) is 0 Å². The van der Waals surface area contributed by atoms with Gasteiger partial charge in [0.1, 0.15) is 11.8 Å². The maximum atomic E-state index is 8.82. The van der Waals surface area contributed by atoms with Crippen LogP contribution in [0, 0.1) is 11.3 Å². The summed E-state index contributed by atoms with van der Waals surface area (Å²) < 4.78 is 10.1. The molecule has 0 amide bonds. The van der Waals surface area contributed by atoms with Gasteiger partial charge in [0.25, 0.3) is 0 Å². The minimum Gasteiger partial charge on any atom is -0.495 e. The Morgan fingerprint density at radius 3 is 2.81 bits per heavy atom. The zero-order valence-electron chi connectivity index (χ0n) is 9.62. The Balaban J connectivity index is 2.58. The number of nitriles is 1. The highest BCUT2D eigenvalue weighted by atomic mass is 16.5. The molecule has 0 spiro atoms. The third-order valence-corrected chi connectivity index (χ3v) is 2.20. The molecule has 1 N–H and O–H groups in total. The molecule has 0 heterocycles. The van der Waals surface area contributed by atoms with Gasteiger partial charge in [-0.15, -0.1) is 0 Å². The zero-order chi connectivity index (χ0) is 11.8. The third kappa shape index (κ3) is 3.54. The number of benzene rings is 1. The minimum absolute atomic E-state index is 0.558. The first-order valence-electron chi connectivity index (χ1n) is 5.08. The first-order valence-corrected chi connectivity index (χ1v) is 5.08. The smallest absolute Gasteiger partial charge is 0.136 e. The average molecular weight is 220 g/mol. The molecular weight excluding hydrogens is 204 g/mol. The SMILES string of the molecule is COCCNCc1ccc(C#N)c(OC)c1. The topological polar surface area (TPSA) is 54.3 Å². The summed E-state index contributed by atoms with van der Waals surface area (Å²) in [6.07, 6.45) is 0. The van der Waals surface area contributed by atoms with Crippen LogP contribution in [0.1, 0.15) is 11.1 Å². The highest BCUT2D eigenvalue weighted by Gasteiger charge is 2.02. The van der Waals surface area contributed by atoms with E-state index in [1.807, 2.05) is 12.1 Å². The Kier molecular flexibility index (Phi) is 5.34. The van der Waals surface area contributed by atoms with Crippen LogP contribution in [0.5, 0.6) is 5.75 Å². The maximum absolute atomic E-state index is 8.82. The molecule has 0 atom stereocenters. The Morgan fingerprint density at radius 2 is 2.19 bits per heavy atom. The standard InChI is InChI=1S/C12H16N2O2/c1-15-6-5-14-9-10-3-4-11(8-13)12(7-10)16-2/h3-4,7,14H,5-6,9H2,1-2H3. The predicted molar refractivity (Wildman–Crippen MR) is 61.3 cm³/mol. The van der Waals surface area contributed by atoms with Crippen LogP contribution in [0.2, 0.25) is 0 Å². The second-order valence-electron chi connectivity index (χ2n) is 3.32. The highest BCUT2D eigenvalue weighted by molar-refractivity contribution is 5.45. The molecule has 0 aliphatic rings. The van der Waals surface area contributed by atoms with Gasteiger partial charge < -0.3 is 14.8 Å². The Hall–Kier alpha value is -1.57. The van der Waals surface area contributed by atoms with Gasteiger partial charge >= 0.3 is 0 Å². The maximum Gasteiger partial charge on any atom is 0.136 e. The van der Waals surface area contributed by atoms with E-state index in [-0.39, 0.29) is 0 Å². The van der Waals surface area contributed by atoms with Crippen molar-refractivity contribution in [3.05, 3.63) is 29.3 Å². The van der Waals surface area contributed by atoms with Crippen LogP contribution in [0.25, 0.3) is 0 Å². The van der Waals surface area contributed by atoms with E-state index in [4.69, 9.17) is 14.7 Å². The van der Waals surface area contributed by atoms with E-state index in [0.717, 1.165) is 18.7 Å². The number of ether oxygens (including phenoxy) is 2. The van der Waals surface area contributed by atoms with E-state index in [2.05, 4.69) is 11.4 Å². The lowest BCUT2D eigenvalue weighted by atomic mass is 10.1. The molecule has 4 nitrogen and oxygen atoms in total. The molecule has 0 aliphatic heterocycles. The molecule has 0 fully saturated rings. The summed E-state index contributed by atoms with van der Waals surface area (Å²) in [4.78, 5) is 0. The summed E-state index contributed by atoms with van der Waals surface area (Å²) in [5.74, 6) is 0.619. The van der Waals surface area contributed by atoms with Gasteiger partial charge in [-0.1, -0.05) is 6.07 Å². The molecule has 0 unspecified atom stereocenters. The van der Waals surface area contributed by atoms with Gasteiger partial charge in [0.15, 0.2) is 0 Å². The van der Waals surface area contributed by atoms with Gasteiger partial charge in [0.05, 0.1) is 19.3 Å². The summed E-state index contributed by atoms with van der Waals surface area (Å²) in [6, 6.07) is 7.65. The lowest BCUT2D eigenvalue weighted by Gasteiger charge is -2.07. The van der Waals surface area contributed by atoms with Crippen molar-refractivity contribution < 1.29 is 9.47 Å². The first-order chi connectivity index (χ1) is 7.81. The van der Waals surface area contributed by atoms with Crippen molar-refractivity contribution in [2.45, 2.75) is 6.54 Å². The number of nitrogens with zero attached hydrogens (tertiary/aromatic N) is 1. The average Bonchev–Trinajstić information content (AvgIpc) is 2.34. The van der Waals surface area contributed by atoms with Crippen LogP contribution >= 0.6 is 0 Å². The van der Waals surface area contributed by atoms with E-state index in [1.54, 1.807) is 20.3 Å². The molecule has 0 radical (unpaired) electrons. The summed E-state index contributed by atoms with van der Waals surface area (Å²) in [6.45, 7) is 2.23. The Morgan fingerprint density at radius 1 is 1.38 bits per heavy atom. The number of hydrogen-bond acceptors (Lipinski definition) is 4. The molecule has 0 saturated carbocycles. The Labute approximate surface area is 95.8 Å². The van der Waals surface area contributed by atoms with Crippen molar-refractivity contribution in [2.24, 2.45) is 0 Å². The van der Waals surface area contributed by atoms with Crippen LogP contribution in [-0.2, 0) is 11.3 Å². The van der Waals surface area contributed by atoms with E-state index in [0.29, 0.717) is 17.9 Å². The normalized spacial score (nSPS) is 9.81. The van der Waals surface area contributed by atoms with Gasteiger partial charge in [0, 0.05) is 20.2 Å². The number of methoxy groups -OCH3 is 2. The third-order valence-electron chi connectivity index (χ3n) is 2.20.